The molecular weight excluding hydrogens is 252 g/mol. The lowest BCUT2D eigenvalue weighted by molar-refractivity contribution is 0.102. The molecule has 3 rings (SSSR count). The van der Waals surface area contributed by atoms with Crippen LogP contribution in [0.15, 0.2) is 24.4 Å². The first kappa shape index (κ1) is 10.7. The van der Waals surface area contributed by atoms with Crippen LogP contribution in [-0.4, -0.2) is 26.3 Å². The SMILES string of the molecule is Nc1ccc2nc(NC(=O)c3cn[nH]n3)sc2c1. The average molecular weight is 260 g/mol. The van der Waals surface area contributed by atoms with Crippen molar-refractivity contribution in [1.29, 1.82) is 0 Å². The molecule has 90 valence electrons. The van der Waals surface area contributed by atoms with Crippen molar-refractivity contribution in [3.63, 3.8) is 0 Å². The molecule has 0 aliphatic carbocycles. The van der Waals surface area contributed by atoms with Gasteiger partial charge in [0.25, 0.3) is 5.91 Å². The Morgan fingerprint density at radius 2 is 2.33 bits per heavy atom. The summed E-state index contributed by atoms with van der Waals surface area (Å²) in [5.41, 5.74) is 7.36. The Kier molecular flexibility index (Phi) is 2.41. The van der Waals surface area contributed by atoms with Crippen molar-refractivity contribution >= 4 is 38.3 Å². The molecule has 1 aromatic carbocycles. The number of nitrogens with zero attached hydrogens (tertiary/aromatic N) is 3. The summed E-state index contributed by atoms with van der Waals surface area (Å²) in [6.07, 6.45) is 1.35. The second kappa shape index (κ2) is 4.08. The number of hydrogen-bond acceptors (Lipinski definition) is 6. The van der Waals surface area contributed by atoms with Crippen LogP contribution in [0.3, 0.4) is 0 Å². The van der Waals surface area contributed by atoms with E-state index in [0.717, 1.165) is 10.2 Å². The minimum Gasteiger partial charge on any atom is -0.399 e. The van der Waals surface area contributed by atoms with Gasteiger partial charge in [-0.25, -0.2) is 4.98 Å². The minimum absolute atomic E-state index is 0.216. The van der Waals surface area contributed by atoms with Gasteiger partial charge in [-0.1, -0.05) is 11.3 Å². The maximum atomic E-state index is 11.7. The maximum absolute atomic E-state index is 11.7. The number of thiazole rings is 1. The number of anilines is 2. The van der Waals surface area contributed by atoms with Gasteiger partial charge in [-0.3, -0.25) is 10.1 Å². The number of aromatic nitrogens is 4. The monoisotopic (exact) mass is 260 g/mol. The fraction of sp³-hybridized carbons (Fsp3) is 0. The molecule has 0 aliphatic heterocycles. The first-order valence-electron chi connectivity index (χ1n) is 5.05. The highest BCUT2D eigenvalue weighted by molar-refractivity contribution is 7.22. The summed E-state index contributed by atoms with van der Waals surface area (Å²) in [6, 6.07) is 5.40. The largest absolute Gasteiger partial charge is 0.399 e. The van der Waals surface area contributed by atoms with Gasteiger partial charge in [0.05, 0.1) is 16.4 Å². The molecule has 0 saturated heterocycles. The van der Waals surface area contributed by atoms with Gasteiger partial charge in [0.1, 0.15) is 0 Å². The fourth-order valence-corrected chi connectivity index (χ4v) is 2.38. The van der Waals surface area contributed by atoms with Gasteiger partial charge < -0.3 is 5.73 Å². The van der Waals surface area contributed by atoms with E-state index in [9.17, 15) is 4.79 Å². The van der Waals surface area contributed by atoms with E-state index >= 15 is 0 Å². The summed E-state index contributed by atoms with van der Waals surface area (Å²) in [6.45, 7) is 0. The predicted molar refractivity (Wildman–Crippen MR) is 68.4 cm³/mol. The van der Waals surface area contributed by atoms with Crippen LogP contribution in [0.5, 0.6) is 0 Å². The number of nitrogen functional groups attached to an aromatic ring is 1. The molecule has 0 aliphatic rings. The highest BCUT2D eigenvalue weighted by Gasteiger charge is 2.11. The zero-order valence-corrected chi connectivity index (χ0v) is 9.86. The van der Waals surface area contributed by atoms with Crippen LogP contribution in [0.4, 0.5) is 10.8 Å². The molecule has 0 saturated carbocycles. The molecule has 0 fully saturated rings. The molecule has 0 atom stereocenters. The fourth-order valence-electron chi connectivity index (χ4n) is 1.47. The molecule has 0 bridgehead atoms. The van der Waals surface area contributed by atoms with Crippen LogP contribution in [0.1, 0.15) is 10.5 Å². The van der Waals surface area contributed by atoms with Gasteiger partial charge in [0, 0.05) is 5.69 Å². The summed E-state index contributed by atoms with van der Waals surface area (Å²) in [5, 5.41) is 12.8. The van der Waals surface area contributed by atoms with Crippen LogP contribution in [0, 0.1) is 0 Å². The maximum Gasteiger partial charge on any atom is 0.279 e. The molecule has 7 nitrogen and oxygen atoms in total. The summed E-state index contributed by atoms with van der Waals surface area (Å²) in [4.78, 5) is 16.0. The summed E-state index contributed by atoms with van der Waals surface area (Å²) in [7, 11) is 0. The summed E-state index contributed by atoms with van der Waals surface area (Å²) in [5.74, 6) is -0.351. The molecule has 4 N–H and O–H groups in total. The molecule has 0 spiro atoms. The van der Waals surface area contributed by atoms with E-state index in [2.05, 4.69) is 25.7 Å². The molecule has 3 aromatic rings. The van der Waals surface area contributed by atoms with Gasteiger partial charge in [-0.2, -0.15) is 15.4 Å². The Morgan fingerprint density at radius 1 is 1.44 bits per heavy atom. The Balaban J connectivity index is 1.89. The number of H-pyrrole nitrogens is 1. The van der Waals surface area contributed by atoms with Crippen LogP contribution < -0.4 is 11.1 Å². The first-order valence-corrected chi connectivity index (χ1v) is 5.87. The lowest BCUT2D eigenvalue weighted by atomic mass is 10.3. The predicted octanol–water partition coefficient (Wildman–Crippen LogP) is 1.25. The lowest BCUT2D eigenvalue weighted by Gasteiger charge is -1.95. The second-order valence-electron chi connectivity index (χ2n) is 3.56. The molecule has 0 radical (unpaired) electrons. The van der Waals surface area contributed by atoms with Crippen LogP contribution in [-0.2, 0) is 0 Å². The van der Waals surface area contributed by atoms with Crippen molar-refractivity contribution in [2.45, 2.75) is 0 Å². The molecule has 0 unspecified atom stereocenters. The van der Waals surface area contributed by atoms with E-state index < -0.39 is 0 Å². The lowest BCUT2D eigenvalue weighted by Crippen LogP contribution is -2.11. The highest BCUT2D eigenvalue weighted by Crippen LogP contribution is 2.27. The number of nitrogens with one attached hydrogen (secondary N) is 2. The normalized spacial score (nSPS) is 10.7. The first-order chi connectivity index (χ1) is 8.72. The van der Waals surface area contributed by atoms with E-state index in [1.165, 1.54) is 17.5 Å². The topological polar surface area (TPSA) is 110 Å². The Morgan fingerprint density at radius 3 is 3.11 bits per heavy atom. The zero-order chi connectivity index (χ0) is 12.5. The third-order valence-electron chi connectivity index (χ3n) is 2.28. The van der Waals surface area contributed by atoms with E-state index in [-0.39, 0.29) is 11.6 Å². The summed E-state index contributed by atoms with van der Waals surface area (Å²) >= 11 is 1.36. The van der Waals surface area contributed by atoms with Crippen LogP contribution in [0.2, 0.25) is 0 Å². The standard InChI is InChI=1S/C10H8N6OS/c11-5-1-2-6-8(3-5)18-10(13-6)14-9(17)7-4-12-16-15-7/h1-4H,11H2,(H,12,15,16)(H,13,14,17). The summed E-state index contributed by atoms with van der Waals surface area (Å²) < 4.78 is 0.922. The number of fused-ring (bicyclic) bond motifs is 1. The van der Waals surface area contributed by atoms with Gasteiger partial charge in [0.2, 0.25) is 0 Å². The molecule has 18 heavy (non-hydrogen) atoms. The number of amides is 1. The van der Waals surface area contributed by atoms with E-state index in [1.807, 2.05) is 12.1 Å². The quantitative estimate of drug-likeness (QED) is 0.601. The smallest absolute Gasteiger partial charge is 0.279 e. The van der Waals surface area contributed by atoms with Gasteiger partial charge in [-0.15, -0.1) is 0 Å². The number of carbonyl (C=O) groups is 1. The average Bonchev–Trinajstić information content (AvgIpc) is 2.95. The van der Waals surface area contributed by atoms with Crippen LogP contribution >= 0.6 is 11.3 Å². The van der Waals surface area contributed by atoms with E-state index in [1.54, 1.807) is 6.07 Å². The Hall–Kier alpha value is -2.48. The van der Waals surface area contributed by atoms with Crippen molar-refractivity contribution in [1.82, 2.24) is 20.4 Å². The number of benzene rings is 1. The highest BCUT2D eigenvalue weighted by atomic mass is 32.1. The third-order valence-corrected chi connectivity index (χ3v) is 3.21. The Bertz CT molecular complexity index is 704. The number of rotatable bonds is 2. The molecule has 2 aromatic heterocycles. The van der Waals surface area contributed by atoms with E-state index in [4.69, 9.17) is 5.73 Å². The van der Waals surface area contributed by atoms with Gasteiger partial charge >= 0.3 is 0 Å². The molecule has 1 amide bonds. The minimum atomic E-state index is -0.351. The van der Waals surface area contributed by atoms with Crippen LogP contribution in [0.25, 0.3) is 10.2 Å². The van der Waals surface area contributed by atoms with Crippen molar-refractivity contribution in [3.8, 4) is 0 Å². The number of nitrogens with two attached hydrogens (primary N) is 1. The van der Waals surface area contributed by atoms with Crippen molar-refractivity contribution in [2.75, 3.05) is 11.1 Å². The van der Waals surface area contributed by atoms with E-state index in [0.29, 0.717) is 10.8 Å². The zero-order valence-electron chi connectivity index (χ0n) is 9.04. The number of aromatic amines is 1. The molecular formula is C10H8N6OS. The van der Waals surface area contributed by atoms with Gasteiger partial charge in [0.15, 0.2) is 10.8 Å². The molecule has 8 heteroatoms. The van der Waals surface area contributed by atoms with Crippen molar-refractivity contribution in [3.05, 3.63) is 30.1 Å². The second-order valence-corrected chi connectivity index (χ2v) is 4.59. The molecule has 2 heterocycles. The number of hydrogen-bond donors (Lipinski definition) is 3. The number of carbonyl (C=O) groups excluding carboxylic acids is 1. The van der Waals surface area contributed by atoms with Gasteiger partial charge in [-0.05, 0) is 18.2 Å². The Labute approximate surface area is 105 Å². The third kappa shape index (κ3) is 1.89. The van der Waals surface area contributed by atoms with Crippen molar-refractivity contribution < 1.29 is 4.79 Å². The van der Waals surface area contributed by atoms with Crippen molar-refractivity contribution in [2.24, 2.45) is 0 Å².